The van der Waals surface area contributed by atoms with Crippen LogP contribution in [-0.4, -0.2) is 14.6 Å². The van der Waals surface area contributed by atoms with E-state index in [-0.39, 0.29) is 0 Å². The van der Waals surface area contributed by atoms with Crippen LogP contribution in [-0.2, 0) is 4.79 Å². The molecule has 0 aliphatic rings. The Morgan fingerprint density at radius 1 is 1.50 bits per heavy atom. The average Bonchev–Trinajstić information content (AvgIpc) is 2.30. The first kappa shape index (κ1) is 17.1. The lowest BCUT2D eigenvalue weighted by atomic mass is 10.1. The monoisotopic (exact) mass is 335 g/mol. The Morgan fingerprint density at radius 3 is 2.65 bits per heavy atom. The average molecular weight is 337 g/mol. The molecule has 0 saturated heterocycles. The molecule has 0 amide bonds. The molecule has 1 aromatic rings. The van der Waals surface area contributed by atoms with Crippen molar-refractivity contribution in [2.24, 2.45) is 5.92 Å². The molecule has 0 spiro atoms. The molecule has 1 heterocycles. The van der Waals surface area contributed by atoms with Crippen LogP contribution < -0.4 is 11.1 Å². The Kier molecular flexibility index (Phi) is 6.11. The number of pyridine rings is 1. The zero-order chi connectivity index (χ0) is 15.3. The molecular formula is C13H16Cl3N3O. The highest BCUT2D eigenvalue weighted by Crippen LogP contribution is 2.29. The van der Waals surface area contributed by atoms with E-state index < -0.39 is 9.58 Å². The van der Waals surface area contributed by atoms with Gasteiger partial charge in [0.15, 0.2) is 0 Å². The minimum atomic E-state index is -1.97. The van der Waals surface area contributed by atoms with Crippen LogP contribution in [0.5, 0.6) is 0 Å². The van der Waals surface area contributed by atoms with Gasteiger partial charge in [0.25, 0.3) is 3.79 Å². The molecule has 0 fully saturated rings. The highest BCUT2D eigenvalue weighted by molar-refractivity contribution is 6.77. The number of carbonyl (C=O) groups excluding carboxylic acids is 1. The number of alkyl halides is 3. The predicted molar refractivity (Wildman–Crippen MR) is 85.1 cm³/mol. The number of nitrogens with two attached hydrogens (primary N) is 1. The summed E-state index contributed by atoms with van der Waals surface area (Å²) in [6, 6.07) is 3.50. The van der Waals surface area contributed by atoms with Crippen molar-refractivity contribution < 1.29 is 4.79 Å². The van der Waals surface area contributed by atoms with E-state index in [9.17, 15) is 4.79 Å². The summed E-state index contributed by atoms with van der Waals surface area (Å²) in [7, 11) is 0. The van der Waals surface area contributed by atoms with Crippen molar-refractivity contribution in [3.63, 3.8) is 0 Å². The summed E-state index contributed by atoms with van der Waals surface area (Å²) in [6.07, 6.45) is 3.49. The predicted octanol–water partition coefficient (Wildman–Crippen LogP) is 3.95. The van der Waals surface area contributed by atoms with Crippen molar-refractivity contribution in [1.29, 1.82) is 0 Å². The fourth-order valence-electron chi connectivity index (χ4n) is 1.52. The number of hydrogen-bond acceptors (Lipinski definition) is 4. The Morgan fingerprint density at radius 2 is 2.15 bits per heavy atom. The minimum absolute atomic E-state index is 0.315. The van der Waals surface area contributed by atoms with E-state index >= 15 is 0 Å². The highest BCUT2D eigenvalue weighted by Gasteiger charge is 2.29. The number of halogens is 3. The van der Waals surface area contributed by atoms with Crippen molar-refractivity contribution in [1.82, 2.24) is 4.98 Å². The number of allylic oxidation sites excluding steroid dienone is 2. The fraction of sp³-hybridized carbons (Fsp3) is 0.385. The second kappa shape index (κ2) is 7.16. The number of aromatic nitrogens is 1. The van der Waals surface area contributed by atoms with Gasteiger partial charge in [0, 0.05) is 18.0 Å². The van der Waals surface area contributed by atoms with Crippen molar-refractivity contribution in [3.05, 3.63) is 30.1 Å². The Bertz CT molecular complexity index is 510. The van der Waals surface area contributed by atoms with E-state index in [2.05, 4.69) is 10.3 Å². The number of carbonyl (C=O) groups is 1. The van der Waals surface area contributed by atoms with E-state index in [1.54, 1.807) is 18.3 Å². The summed E-state index contributed by atoms with van der Waals surface area (Å²) < 4.78 is -1.97. The molecule has 0 radical (unpaired) electrons. The third kappa shape index (κ3) is 5.57. The van der Waals surface area contributed by atoms with Crippen LogP contribution in [0.15, 0.2) is 30.1 Å². The number of ketones is 1. The summed E-state index contributed by atoms with van der Waals surface area (Å²) in [6.45, 7) is 4.03. The molecule has 0 atom stereocenters. The number of anilines is 2. The number of nitrogens with zero attached hydrogens (tertiary/aromatic N) is 1. The third-order valence-electron chi connectivity index (χ3n) is 2.35. The van der Waals surface area contributed by atoms with Crippen molar-refractivity contribution in [2.75, 3.05) is 11.1 Å². The number of hydrogen-bond donors (Lipinski definition) is 2. The maximum absolute atomic E-state index is 11.8. The molecule has 0 aliphatic heterocycles. The molecular weight excluding hydrogens is 321 g/mol. The quantitative estimate of drug-likeness (QED) is 0.631. The van der Waals surface area contributed by atoms with Crippen LogP contribution in [0.2, 0.25) is 0 Å². The van der Waals surface area contributed by atoms with Gasteiger partial charge in [-0.2, -0.15) is 0 Å². The number of rotatable bonds is 5. The smallest absolute Gasteiger partial charge is 0.252 e. The van der Waals surface area contributed by atoms with Gasteiger partial charge >= 0.3 is 0 Å². The van der Waals surface area contributed by atoms with Gasteiger partial charge in [-0.1, -0.05) is 48.7 Å². The van der Waals surface area contributed by atoms with Gasteiger partial charge in [0.1, 0.15) is 5.82 Å². The molecule has 7 heteroatoms. The van der Waals surface area contributed by atoms with Gasteiger partial charge in [0.2, 0.25) is 5.78 Å². The summed E-state index contributed by atoms with van der Waals surface area (Å²) in [5.41, 5.74) is 6.98. The van der Waals surface area contributed by atoms with Crippen LogP contribution >= 0.6 is 34.8 Å². The molecule has 0 unspecified atom stereocenters. The number of nitrogen functional groups attached to an aromatic ring is 1. The first-order valence-electron chi connectivity index (χ1n) is 5.99. The first-order chi connectivity index (χ1) is 9.20. The lowest BCUT2D eigenvalue weighted by Gasteiger charge is -2.15. The molecule has 4 nitrogen and oxygen atoms in total. The lowest BCUT2D eigenvalue weighted by molar-refractivity contribution is -0.113. The number of nitrogens with one attached hydrogen (secondary N) is 1. The third-order valence-corrected chi connectivity index (χ3v) is 2.91. The molecule has 0 saturated carbocycles. The lowest BCUT2D eigenvalue weighted by Crippen LogP contribution is -2.18. The summed E-state index contributed by atoms with van der Waals surface area (Å²) in [5, 5.41) is 3.06. The van der Waals surface area contributed by atoms with Crippen LogP contribution in [0.3, 0.4) is 0 Å². The van der Waals surface area contributed by atoms with Crippen LogP contribution in [0.1, 0.15) is 20.3 Å². The fourth-order valence-corrected chi connectivity index (χ4v) is 1.69. The molecule has 0 aliphatic carbocycles. The van der Waals surface area contributed by atoms with Gasteiger partial charge in [-0.15, -0.1) is 0 Å². The van der Waals surface area contributed by atoms with E-state index in [0.29, 0.717) is 29.5 Å². The van der Waals surface area contributed by atoms with Crippen LogP contribution in [0.4, 0.5) is 11.5 Å². The van der Waals surface area contributed by atoms with E-state index in [1.807, 2.05) is 13.8 Å². The Labute approximate surface area is 133 Å². The highest BCUT2D eigenvalue weighted by atomic mass is 35.6. The first-order valence-corrected chi connectivity index (χ1v) is 7.12. The second-order valence-electron chi connectivity index (χ2n) is 4.69. The normalized spacial score (nSPS) is 12.6. The molecule has 20 heavy (non-hydrogen) atoms. The molecule has 0 bridgehead atoms. The molecule has 110 valence electrons. The maximum atomic E-state index is 11.8. The van der Waals surface area contributed by atoms with Crippen molar-refractivity contribution in [2.45, 2.75) is 24.1 Å². The van der Waals surface area contributed by atoms with E-state index in [1.165, 1.54) is 6.08 Å². The van der Waals surface area contributed by atoms with Crippen molar-refractivity contribution in [3.8, 4) is 0 Å². The van der Waals surface area contributed by atoms with Gasteiger partial charge in [0.05, 0.1) is 5.69 Å². The summed E-state index contributed by atoms with van der Waals surface area (Å²) in [4.78, 5) is 15.7. The zero-order valence-electron chi connectivity index (χ0n) is 11.2. The largest absolute Gasteiger partial charge is 0.382 e. The standard InChI is InChI=1S/C13H16Cl3N3O/c1-8(2)6-9(7-11(20)13(14,15)16)19-10-4-3-5-18-12(10)17/h3-5,7-8,19H,6H2,1-2H3,(H2,17,18)/b9-7-. The van der Waals surface area contributed by atoms with Gasteiger partial charge < -0.3 is 11.1 Å². The maximum Gasteiger partial charge on any atom is 0.252 e. The summed E-state index contributed by atoms with van der Waals surface area (Å²) in [5.74, 6) is 0.0476. The second-order valence-corrected chi connectivity index (χ2v) is 6.97. The Hall–Kier alpha value is -0.970. The van der Waals surface area contributed by atoms with Crippen LogP contribution in [0.25, 0.3) is 0 Å². The Balaban J connectivity index is 2.99. The molecule has 1 aromatic heterocycles. The van der Waals surface area contributed by atoms with Crippen molar-refractivity contribution >= 4 is 52.1 Å². The van der Waals surface area contributed by atoms with E-state index in [0.717, 1.165) is 0 Å². The molecule has 0 aromatic carbocycles. The van der Waals surface area contributed by atoms with Gasteiger partial charge in [-0.25, -0.2) is 4.98 Å². The van der Waals surface area contributed by atoms with Gasteiger partial charge in [-0.05, 0) is 24.5 Å². The van der Waals surface area contributed by atoms with E-state index in [4.69, 9.17) is 40.5 Å². The summed E-state index contributed by atoms with van der Waals surface area (Å²) >= 11 is 16.7. The van der Waals surface area contributed by atoms with Gasteiger partial charge in [-0.3, -0.25) is 4.79 Å². The zero-order valence-corrected chi connectivity index (χ0v) is 13.4. The minimum Gasteiger partial charge on any atom is -0.382 e. The molecule has 1 rings (SSSR count). The van der Waals surface area contributed by atoms with Crippen LogP contribution in [0, 0.1) is 5.92 Å². The molecule has 3 N–H and O–H groups in total. The SMILES string of the molecule is CC(C)C/C(=C/C(=O)C(Cl)(Cl)Cl)Nc1cccnc1N. The topological polar surface area (TPSA) is 68.0 Å².